The van der Waals surface area contributed by atoms with Crippen molar-refractivity contribution >= 4 is 32.5 Å². The number of piperidine rings is 1. The molecule has 4 rings (SSSR count). The van der Waals surface area contributed by atoms with E-state index in [1.807, 2.05) is 0 Å². The second kappa shape index (κ2) is 9.13. The predicted octanol–water partition coefficient (Wildman–Crippen LogP) is 3.35. The van der Waals surface area contributed by atoms with Crippen LogP contribution >= 0.6 is 0 Å². The molecule has 0 unspecified atom stereocenters. The van der Waals surface area contributed by atoms with Crippen LogP contribution in [-0.2, 0) is 10.0 Å². The molecule has 0 radical (unpaired) electrons. The molecule has 1 fully saturated rings. The van der Waals surface area contributed by atoms with Crippen LogP contribution in [-0.4, -0.2) is 43.3 Å². The molecule has 3 aromatic rings. The Balaban J connectivity index is 1.70. The van der Waals surface area contributed by atoms with E-state index >= 15 is 0 Å². The Morgan fingerprint density at radius 3 is 2.59 bits per heavy atom. The van der Waals surface area contributed by atoms with Crippen LogP contribution < -0.4 is 15.6 Å². The average Bonchev–Trinajstić information content (AvgIpc) is 2.80. The van der Waals surface area contributed by atoms with Crippen molar-refractivity contribution in [3.63, 3.8) is 0 Å². The molecular weight excluding hydrogens is 430 g/mol. The van der Waals surface area contributed by atoms with Crippen LogP contribution in [0.1, 0.15) is 36.5 Å². The second-order valence-electron chi connectivity index (χ2n) is 7.61. The molecule has 1 aliphatic heterocycles. The van der Waals surface area contributed by atoms with Crippen molar-refractivity contribution in [3.8, 4) is 5.75 Å². The number of nitrogens with zero attached hydrogens (tertiary/aromatic N) is 1. The Bertz CT molecular complexity index is 1310. The summed E-state index contributed by atoms with van der Waals surface area (Å²) in [7, 11) is -3.78. The van der Waals surface area contributed by atoms with E-state index < -0.39 is 21.5 Å². The Morgan fingerprint density at radius 2 is 1.84 bits per heavy atom. The fourth-order valence-electron chi connectivity index (χ4n) is 3.90. The fraction of sp³-hybridized carbons (Fsp3) is 0.304. The first kappa shape index (κ1) is 22.0. The third kappa shape index (κ3) is 4.39. The summed E-state index contributed by atoms with van der Waals surface area (Å²) in [5.74, 6) is -0.254. The summed E-state index contributed by atoms with van der Waals surface area (Å²) in [6.07, 6.45) is 2.63. The van der Waals surface area contributed by atoms with Gasteiger partial charge in [-0.15, -0.1) is 0 Å². The number of para-hydroxylation sites is 1. The lowest BCUT2D eigenvalue weighted by molar-refractivity contribution is 0.102. The number of aromatic amines is 1. The number of benzene rings is 2. The topological polar surface area (TPSA) is 109 Å². The molecule has 0 aliphatic carbocycles. The van der Waals surface area contributed by atoms with Gasteiger partial charge in [0.25, 0.3) is 5.91 Å². The van der Waals surface area contributed by atoms with Crippen LogP contribution in [0.15, 0.2) is 58.2 Å². The van der Waals surface area contributed by atoms with E-state index in [0.717, 1.165) is 19.3 Å². The summed E-state index contributed by atoms with van der Waals surface area (Å²) in [5.41, 5.74) is 0.663. The average molecular weight is 456 g/mol. The number of rotatable bonds is 6. The van der Waals surface area contributed by atoms with E-state index in [1.54, 1.807) is 43.3 Å². The molecule has 1 aromatic heterocycles. The third-order valence-electron chi connectivity index (χ3n) is 5.43. The molecule has 2 heterocycles. The number of carbonyl (C=O) groups is 1. The molecule has 9 heteroatoms. The predicted molar refractivity (Wildman–Crippen MR) is 123 cm³/mol. The van der Waals surface area contributed by atoms with Gasteiger partial charge in [0.15, 0.2) is 0 Å². The lowest BCUT2D eigenvalue weighted by atomic mass is 10.1. The Morgan fingerprint density at radius 1 is 1.09 bits per heavy atom. The number of pyridine rings is 1. The van der Waals surface area contributed by atoms with Gasteiger partial charge in [0, 0.05) is 35.7 Å². The minimum atomic E-state index is -3.78. The number of anilines is 1. The van der Waals surface area contributed by atoms with E-state index in [1.165, 1.54) is 16.4 Å². The quantitative estimate of drug-likeness (QED) is 0.593. The van der Waals surface area contributed by atoms with Crippen molar-refractivity contribution in [2.24, 2.45) is 0 Å². The SMILES string of the molecule is CCOc1ccc(NC(=O)c2cc(=O)[nH]c3ccccc23)cc1S(=O)(=O)N1CCCCC1. The number of hydrogen-bond donors (Lipinski definition) is 2. The molecule has 1 aliphatic rings. The Hall–Kier alpha value is -3.17. The van der Waals surface area contributed by atoms with Crippen molar-refractivity contribution in [3.05, 3.63) is 64.4 Å². The molecule has 0 spiro atoms. The molecular formula is C23H25N3O5S. The molecule has 1 saturated heterocycles. The van der Waals surface area contributed by atoms with Crippen LogP contribution in [0.4, 0.5) is 5.69 Å². The number of amides is 1. The smallest absolute Gasteiger partial charge is 0.256 e. The zero-order valence-corrected chi connectivity index (χ0v) is 18.6. The summed E-state index contributed by atoms with van der Waals surface area (Å²) in [6, 6.07) is 12.8. The van der Waals surface area contributed by atoms with Gasteiger partial charge in [0.05, 0.1) is 12.2 Å². The number of nitrogens with one attached hydrogen (secondary N) is 2. The van der Waals surface area contributed by atoms with Gasteiger partial charge in [-0.25, -0.2) is 8.42 Å². The van der Waals surface area contributed by atoms with Gasteiger partial charge in [-0.1, -0.05) is 24.6 Å². The number of carbonyl (C=O) groups excluding carboxylic acids is 1. The van der Waals surface area contributed by atoms with Gasteiger partial charge in [0.1, 0.15) is 10.6 Å². The zero-order valence-electron chi connectivity index (χ0n) is 17.8. The van der Waals surface area contributed by atoms with Crippen molar-refractivity contribution < 1.29 is 17.9 Å². The number of ether oxygens (including phenoxy) is 1. The molecule has 2 N–H and O–H groups in total. The minimum absolute atomic E-state index is 0.0230. The largest absolute Gasteiger partial charge is 0.492 e. The van der Waals surface area contributed by atoms with Gasteiger partial charge in [-0.2, -0.15) is 4.31 Å². The summed E-state index contributed by atoms with van der Waals surface area (Å²) in [4.78, 5) is 27.7. The van der Waals surface area contributed by atoms with E-state index in [0.29, 0.717) is 36.3 Å². The van der Waals surface area contributed by atoms with E-state index in [-0.39, 0.29) is 16.2 Å². The Labute approximate surface area is 186 Å². The molecule has 8 nitrogen and oxygen atoms in total. The summed E-state index contributed by atoms with van der Waals surface area (Å²) < 4.78 is 33.6. The fourth-order valence-corrected chi connectivity index (χ4v) is 5.57. The van der Waals surface area contributed by atoms with Crippen LogP contribution in [0.3, 0.4) is 0 Å². The number of sulfonamides is 1. The van der Waals surface area contributed by atoms with Crippen molar-refractivity contribution in [1.29, 1.82) is 0 Å². The summed E-state index contributed by atoms with van der Waals surface area (Å²) in [5, 5.41) is 3.33. The zero-order chi connectivity index (χ0) is 22.7. The molecule has 2 aromatic carbocycles. The van der Waals surface area contributed by atoms with Crippen LogP contribution in [0, 0.1) is 0 Å². The van der Waals surface area contributed by atoms with Crippen LogP contribution in [0.25, 0.3) is 10.9 Å². The highest BCUT2D eigenvalue weighted by Crippen LogP contribution is 2.31. The highest BCUT2D eigenvalue weighted by atomic mass is 32.2. The van der Waals surface area contributed by atoms with Crippen LogP contribution in [0.5, 0.6) is 5.75 Å². The third-order valence-corrected chi connectivity index (χ3v) is 7.35. The van der Waals surface area contributed by atoms with Gasteiger partial charge in [-0.05, 0) is 44.0 Å². The van der Waals surface area contributed by atoms with Crippen molar-refractivity contribution in [2.75, 3.05) is 25.0 Å². The number of fused-ring (bicyclic) bond motifs is 1. The normalized spacial score (nSPS) is 14.9. The van der Waals surface area contributed by atoms with Gasteiger partial charge < -0.3 is 15.0 Å². The summed E-state index contributed by atoms with van der Waals surface area (Å²) >= 11 is 0. The lowest BCUT2D eigenvalue weighted by Crippen LogP contribution is -2.35. The molecule has 32 heavy (non-hydrogen) atoms. The highest BCUT2D eigenvalue weighted by Gasteiger charge is 2.29. The molecule has 0 atom stereocenters. The van der Waals surface area contributed by atoms with Crippen molar-refractivity contribution in [2.45, 2.75) is 31.1 Å². The molecule has 168 valence electrons. The van der Waals surface area contributed by atoms with E-state index in [2.05, 4.69) is 10.3 Å². The van der Waals surface area contributed by atoms with Crippen molar-refractivity contribution in [1.82, 2.24) is 9.29 Å². The minimum Gasteiger partial charge on any atom is -0.492 e. The molecule has 1 amide bonds. The highest BCUT2D eigenvalue weighted by molar-refractivity contribution is 7.89. The lowest BCUT2D eigenvalue weighted by Gasteiger charge is -2.27. The number of hydrogen-bond acceptors (Lipinski definition) is 5. The maximum Gasteiger partial charge on any atom is 0.256 e. The van der Waals surface area contributed by atoms with Gasteiger partial charge in [-0.3, -0.25) is 9.59 Å². The monoisotopic (exact) mass is 455 g/mol. The first-order valence-electron chi connectivity index (χ1n) is 10.6. The first-order valence-corrected chi connectivity index (χ1v) is 12.0. The standard InChI is InChI=1S/C23H25N3O5S/c1-2-31-20-11-10-16(14-21(20)32(29,30)26-12-6-3-7-13-26)24-23(28)18-15-22(27)25-19-9-5-4-8-17(18)19/h4-5,8-11,14-15H,2-3,6-7,12-13H2,1H3,(H,24,28)(H,25,27). The van der Waals surface area contributed by atoms with E-state index in [4.69, 9.17) is 4.74 Å². The Kier molecular flexibility index (Phi) is 6.29. The van der Waals surface area contributed by atoms with Crippen LogP contribution in [0.2, 0.25) is 0 Å². The summed E-state index contributed by atoms with van der Waals surface area (Å²) in [6.45, 7) is 3.02. The van der Waals surface area contributed by atoms with Gasteiger partial charge in [0.2, 0.25) is 15.6 Å². The molecule has 0 saturated carbocycles. The second-order valence-corrected chi connectivity index (χ2v) is 9.51. The maximum absolute atomic E-state index is 13.3. The van der Waals surface area contributed by atoms with E-state index in [9.17, 15) is 18.0 Å². The maximum atomic E-state index is 13.3. The number of H-pyrrole nitrogens is 1. The first-order chi connectivity index (χ1) is 15.4. The number of aromatic nitrogens is 1. The van der Waals surface area contributed by atoms with Gasteiger partial charge >= 0.3 is 0 Å². The molecule has 0 bridgehead atoms.